The molecule has 1 aliphatic rings. The third kappa shape index (κ3) is 2.46. The number of carbonyl (C=O) groups is 2. The van der Waals surface area contributed by atoms with Crippen molar-refractivity contribution in [3.8, 4) is 0 Å². The molecule has 2 unspecified atom stereocenters. The first-order valence-electron chi connectivity index (χ1n) is 5.63. The Kier molecular flexibility index (Phi) is 3.13. The average molecular weight is 234 g/mol. The number of rotatable bonds is 4. The molecule has 0 amide bonds. The number of benzene rings is 1. The summed E-state index contributed by atoms with van der Waals surface area (Å²) >= 11 is 0. The molecule has 4 heteroatoms. The van der Waals surface area contributed by atoms with Crippen molar-refractivity contribution in [2.45, 2.75) is 19.3 Å². The van der Waals surface area contributed by atoms with Crippen molar-refractivity contribution in [3.63, 3.8) is 0 Å². The Bertz CT molecular complexity index is 452. The standard InChI is InChI=1S/C13H14O4/c1-2-17-13(16)9-5-3-4-8(6-9)10-7-11(10)12(14)15/h3-6,10-11H,2,7H2,1H3,(H,14,15). The van der Waals surface area contributed by atoms with Gasteiger partial charge in [0.25, 0.3) is 0 Å². The molecule has 0 bridgehead atoms. The molecule has 1 aromatic rings. The molecule has 4 nitrogen and oxygen atoms in total. The summed E-state index contributed by atoms with van der Waals surface area (Å²) in [6.07, 6.45) is 0.654. The zero-order valence-electron chi connectivity index (χ0n) is 9.55. The van der Waals surface area contributed by atoms with Gasteiger partial charge < -0.3 is 9.84 Å². The molecule has 0 spiro atoms. The smallest absolute Gasteiger partial charge is 0.338 e. The van der Waals surface area contributed by atoms with Gasteiger partial charge in [-0.2, -0.15) is 0 Å². The van der Waals surface area contributed by atoms with Crippen molar-refractivity contribution in [3.05, 3.63) is 35.4 Å². The Balaban J connectivity index is 2.13. The zero-order chi connectivity index (χ0) is 12.4. The van der Waals surface area contributed by atoms with E-state index in [9.17, 15) is 9.59 Å². The summed E-state index contributed by atoms with van der Waals surface area (Å²) in [5.74, 6) is -1.38. The monoisotopic (exact) mass is 234 g/mol. The van der Waals surface area contributed by atoms with Gasteiger partial charge in [-0.3, -0.25) is 4.79 Å². The predicted molar refractivity (Wildman–Crippen MR) is 60.9 cm³/mol. The lowest BCUT2D eigenvalue weighted by Gasteiger charge is -2.04. The van der Waals surface area contributed by atoms with E-state index >= 15 is 0 Å². The lowest BCUT2D eigenvalue weighted by Crippen LogP contribution is -2.05. The van der Waals surface area contributed by atoms with Crippen LogP contribution in [0.3, 0.4) is 0 Å². The maximum absolute atomic E-state index is 11.5. The van der Waals surface area contributed by atoms with Crippen molar-refractivity contribution in [2.24, 2.45) is 5.92 Å². The molecule has 1 fully saturated rings. The number of carboxylic acids is 1. The van der Waals surface area contributed by atoms with Crippen LogP contribution in [0.1, 0.15) is 35.2 Å². The maximum atomic E-state index is 11.5. The van der Waals surface area contributed by atoms with Gasteiger partial charge in [0.1, 0.15) is 0 Å². The van der Waals surface area contributed by atoms with Crippen LogP contribution in [0.4, 0.5) is 0 Å². The van der Waals surface area contributed by atoms with Crippen molar-refractivity contribution in [1.82, 2.24) is 0 Å². The van der Waals surface area contributed by atoms with E-state index in [1.54, 1.807) is 25.1 Å². The summed E-state index contributed by atoms with van der Waals surface area (Å²) in [7, 11) is 0. The van der Waals surface area contributed by atoms with Crippen LogP contribution in [-0.2, 0) is 9.53 Å². The fraction of sp³-hybridized carbons (Fsp3) is 0.385. The van der Waals surface area contributed by atoms with Crippen molar-refractivity contribution >= 4 is 11.9 Å². The molecular formula is C13H14O4. The van der Waals surface area contributed by atoms with Crippen molar-refractivity contribution in [1.29, 1.82) is 0 Å². The SMILES string of the molecule is CCOC(=O)c1cccc(C2CC2C(=O)O)c1. The minimum Gasteiger partial charge on any atom is -0.481 e. The Morgan fingerprint density at radius 1 is 1.47 bits per heavy atom. The van der Waals surface area contributed by atoms with Gasteiger partial charge >= 0.3 is 11.9 Å². The van der Waals surface area contributed by atoms with Crippen LogP contribution >= 0.6 is 0 Å². The molecule has 2 atom stereocenters. The highest BCUT2D eigenvalue weighted by Crippen LogP contribution is 2.47. The van der Waals surface area contributed by atoms with Crippen LogP contribution < -0.4 is 0 Å². The van der Waals surface area contributed by atoms with Crippen molar-refractivity contribution < 1.29 is 19.4 Å². The first-order chi connectivity index (χ1) is 8.13. The van der Waals surface area contributed by atoms with Gasteiger partial charge in [-0.25, -0.2) is 4.79 Å². The number of aliphatic carboxylic acids is 1. The second kappa shape index (κ2) is 4.57. The molecule has 17 heavy (non-hydrogen) atoms. The second-order valence-corrected chi connectivity index (χ2v) is 4.13. The normalized spacial score (nSPS) is 21.9. The first kappa shape index (κ1) is 11.6. The highest BCUT2D eigenvalue weighted by molar-refractivity contribution is 5.89. The van der Waals surface area contributed by atoms with Gasteiger partial charge in [0, 0.05) is 0 Å². The first-order valence-corrected chi connectivity index (χ1v) is 5.63. The van der Waals surface area contributed by atoms with Crippen LogP contribution in [0.15, 0.2) is 24.3 Å². The van der Waals surface area contributed by atoms with Crippen LogP contribution in [0.2, 0.25) is 0 Å². The van der Waals surface area contributed by atoms with E-state index < -0.39 is 5.97 Å². The summed E-state index contributed by atoms with van der Waals surface area (Å²) < 4.78 is 4.90. The van der Waals surface area contributed by atoms with Gasteiger partial charge in [-0.1, -0.05) is 12.1 Å². The number of carboxylic acid groups (broad SMARTS) is 1. The van der Waals surface area contributed by atoms with Crippen LogP contribution in [0.25, 0.3) is 0 Å². The second-order valence-electron chi connectivity index (χ2n) is 4.13. The zero-order valence-corrected chi connectivity index (χ0v) is 9.55. The molecule has 0 aliphatic heterocycles. The fourth-order valence-corrected chi connectivity index (χ4v) is 1.95. The topological polar surface area (TPSA) is 63.6 Å². The average Bonchev–Trinajstić information content (AvgIpc) is 3.09. The summed E-state index contributed by atoms with van der Waals surface area (Å²) in [6, 6.07) is 7.03. The Hall–Kier alpha value is -1.84. The highest BCUT2D eigenvalue weighted by atomic mass is 16.5. The number of ether oxygens (including phenoxy) is 1. The number of hydrogen-bond acceptors (Lipinski definition) is 3. The molecule has 0 radical (unpaired) electrons. The largest absolute Gasteiger partial charge is 0.481 e. The van der Waals surface area contributed by atoms with E-state index in [1.807, 2.05) is 6.07 Å². The number of carbonyl (C=O) groups excluding carboxylic acids is 1. The van der Waals surface area contributed by atoms with Crippen LogP contribution in [-0.4, -0.2) is 23.7 Å². The molecule has 2 rings (SSSR count). The van der Waals surface area contributed by atoms with Gasteiger partial charge in [-0.15, -0.1) is 0 Å². The minimum absolute atomic E-state index is 0.0434. The van der Waals surface area contributed by atoms with Gasteiger partial charge in [-0.05, 0) is 37.0 Å². The van der Waals surface area contributed by atoms with E-state index in [4.69, 9.17) is 9.84 Å². The van der Waals surface area contributed by atoms with Gasteiger partial charge in [0.05, 0.1) is 18.1 Å². The third-order valence-electron chi connectivity index (χ3n) is 2.93. The Morgan fingerprint density at radius 2 is 2.24 bits per heavy atom. The molecule has 1 aromatic carbocycles. The fourth-order valence-electron chi connectivity index (χ4n) is 1.95. The highest BCUT2D eigenvalue weighted by Gasteiger charge is 2.44. The predicted octanol–water partition coefficient (Wildman–Crippen LogP) is 2.05. The Morgan fingerprint density at radius 3 is 2.82 bits per heavy atom. The molecule has 1 saturated carbocycles. The lowest BCUT2D eigenvalue weighted by atomic mass is 10.1. The molecule has 0 aromatic heterocycles. The Labute approximate surface area is 99.2 Å². The summed E-state index contributed by atoms with van der Waals surface area (Å²) in [5.41, 5.74) is 1.39. The van der Waals surface area contributed by atoms with Gasteiger partial charge in [0.2, 0.25) is 0 Å². The lowest BCUT2D eigenvalue weighted by molar-refractivity contribution is -0.138. The van der Waals surface area contributed by atoms with E-state index in [0.29, 0.717) is 18.6 Å². The maximum Gasteiger partial charge on any atom is 0.338 e. The van der Waals surface area contributed by atoms with Crippen LogP contribution in [0.5, 0.6) is 0 Å². The van der Waals surface area contributed by atoms with Crippen molar-refractivity contribution in [2.75, 3.05) is 6.61 Å². The number of hydrogen-bond donors (Lipinski definition) is 1. The molecule has 0 saturated heterocycles. The summed E-state index contributed by atoms with van der Waals surface area (Å²) in [5, 5.41) is 8.86. The molecule has 0 heterocycles. The van der Waals surface area contributed by atoms with Gasteiger partial charge in [0.15, 0.2) is 0 Å². The summed E-state index contributed by atoms with van der Waals surface area (Å²) in [4.78, 5) is 22.3. The molecular weight excluding hydrogens is 220 g/mol. The van der Waals surface area contributed by atoms with Crippen LogP contribution in [0, 0.1) is 5.92 Å². The minimum atomic E-state index is -0.767. The van der Waals surface area contributed by atoms with E-state index in [-0.39, 0.29) is 17.8 Å². The number of esters is 1. The molecule has 90 valence electrons. The summed E-state index contributed by atoms with van der Waals surface area (Å²) in [6.45, 7) is 2.09. The third-order valence-corrected chi connectivity index (χ3v) is 2.93. The molecule has 1 N–H and O–H groups in total. The van der Waals surface area contributed by atoms with E-state index in [0.717, 1.165) is 5.56 Å². The van der Waals surface area contributed by atoms with E-state index in [1.165, 1.54) is 0 Å². The molecule has 1 aliphatic carbocycles. The quantitative estimate of drug-likeness (QED) is 0.810. The van der Waals surface area contributed by atoms with E-state index in [2.05, 4.69) is 0 Å².